The van der Waals surface area contributed by atoms with Crippen molar-refractivity contribution < 1.29 is 5.11 Å². The highest BCUT2D eigenvalue weighted by atomic mass is 32.1. The lowest BCUT2D eigenvalue weighted by Crippen LogP contribution is -2.26. The fourth-order valence-corrected chi connectivity index (χ4v) is 4.35. The molecule has 0 aliphatic carbocycles. The summed E-state index contributed by atoms with van der Waals surface area (Å²) in [5.74, 6) is 0.909. The summed E-state index contributed by atoms with van der Waals surface area (Å²) in [6.45, 7) is 3.96. The van der Waals surface area contributed by atoms with E-state index in [9.17, 15) is 5.11 Å². The van der Waals surface area contributed by atoms with Crippen LogP contribution in [-0.4, -0.2) is 37.7 Å². The third kappa shape index (κ3) is 2.19. The van der Waals surface area contributed by atoms with Gasteiger partial charge in [0.05, 0.1) is 10.9 Å². The smallest absolute Gasteiger partial charge is 0.230 e. The number of thiazole rings is 1. The van der Waals surface area contributed by atoms with Crippen LogP contribution in [0, 0.1) is 6.92 Å². The Morgan fingerprint density at radius 3 is 2.59 bits per heavy atom. The first-order chi connectivity index (χ1) is 10.7. The number of benzene rings is 1. The molecule has 114 valence electrons. The van der Waals surface area contributed by atoms with Crippen molar-refractivity contribution in [3.8, 4) is 5.88 Å². The highest BCUT2D eigenvalue weighted by Crippen LogP contribution is 2.40. The number of nitrogens with zero attached hydrogens (tertiary/aromatic N) is 4. The van der Waals surface area contributed by atoms with Crippen molar-refractivity contribution in [3.05, 3.63) is 46.6 Å². The molecule has 1 aromatic carbocycles. The molecule has 1 fully saturated rings. The normalized spacial score (nSPS) is 17.3. The molecule has 3 aromatic rings. The van der Waals surface area contributed by atoms with Gasteiger partial charge in [0, 0.05) is 0 Å². The molecule has 4 rings (SSSR count). The van der Waals surface area contributed by atoms with E-state index < -0.39 is 0 Å². The Labute approximate surface area is 132 Å². The number of aromatic hydroxyl groups is 1. The molecule has 0 bridgehead atoms. The lowest BCUT2D eigenvalue weighted by molar-refractivity contribution is 0.277. The predicted octanol–water partition coefficient (Wildman–Crippen LogP) is 2.99. The Morgan fingerprint density at radius 1 is 1.18 bits per heavy atom. The molecule has 0 amide bonds. The van der Waals surface area contributed by atoms with Crippen molar-refractivity contribution in [1.29, 1.82) is 0 Å². The van der Waals surface area contributed by atoms with Gasteiger partial charge in [-0.15, -0.1) is 5.10 Å². The van der Waals surface area contributed by atoms with Crippen molar-refractivity contribution >= 4 is 16.3 Å². The monoisotopic (exact) mass is 314 g/mol. The molecule has 3 heterocycles. The topological polar surface area (TPSA) is 53.7 Å². The Balaban J connectivity index is 1.85. The first kappa shape index (κ1) is 13.7. The molecule has 1 N–H and O–H groups in total. The highest BCUT2D eigenvalue weighted by molar-refractivity contribution is 7.17. The summed E-state index contributed by atoms with van der Waals surface area (Å²) in [5.41, 5.74) is 1.21. The quantitative estimate of drug-likeness (QED) is 0.807. The maximum absolute atomic E-state index is 10.6. The number of aromatic nitrogens is 3. The summed E-state index contributed by atoms with van der Waals surface area (Å²) in [7, 11) is 0. The van der Waals surface area contributed by atoms with Crippen LogP contribution in [0.25, 0.3) is 4.96 Å². The van der Waals surface area contributed by atoms with E-state index in [-0.39, 0.29) is 11.9 Å². The van der Waals surface area contributed by atoms with E-state index in [4.69, 9.17) is 0 Å². The number of rotatable bonds is 3. The van der Waals surface area contributed by atoms with Crippen molar-refractivity contribution in [2.24, 2.45) is 0 Å². The Bertz CT molecular complexity index is 789. The van der Waals surface area contributed by atoms with Crippen molar-refractivity contribution in [2.45, 2.75) is 25.8 Å². The standard InChI is InChI=1S/C16H18N4OS/c1-11-17-16-20(18-11)15(21)14(22-16)13(19-9-5-6-10-19)12-7-3-2-4-8-12/h2-4,7-8,13,21H,5-6,9-10H2,1H3/t13-/m0/s1. The molecule has 0 radical (unpaired) electrons. The average Bonchev–Trinajstić information content (AvgIpc) is 3.22. The third-order valence-electron chi connectivity index (χ3n) is 4.18. The zero-order chi connectivity index (χ0) is 15.1. The molecule has 0 spiro atoms. The number of likely N-dealkylation sites (tertiary alicyclic amines) is 1. The van der Waals surface area contributed by atoms with Crippen LogP contribution in [0.3, 0.4) is 0 Å². The van der Waals surface area contributed by atoms with Crippen LogP contribution >= 0.6 is 11.3 Å². The third-order valence-corrected chi connectivity index (χ3v) is 5.25. The molecule has 1 saturated heterocycles. The summed E-state index contributed by atoms with van der Waals surface area (Å²) in [6, 6.07) is 10.5. The molecular formula is C16H18N4OS. The summed E-state index contributed by atoms with van der Waals surface area (Å²) >= 11 is 1.53. The van der Waals surface area contributed by atoms with E-state index in [0.29, 0.717) is 5.82 Å². The molecule has 0 unspecified atom stereocenters. The number of fused-ring (bicyclic) bond motifs is 1. The molecular weight excluding hydrogens is 296 g/mol. The molecule has 0 saturated carbocycles. The van der Waals surface area contributed by atoms with Crippen LogP contribution in [-0.2, 0) is 0 Å². The maximum atomic E-state index is 10.6. The van der Waals surface area contributed by atoms with Gasteiger partial charge in [-0.1, -0.05) is 41.7 Å². The first-order valence-corrected chi connectivity index (χ1v) is 8.40. The molecule has 1 aliphatic heterocycles. The largest absolute Gasteiger partial charge is 0.492 e. The highest BCUT2D eigenvalue weighted by Gasteiger charge is 2.30. The zero-order valence-corrected chi connectivity index (χ0v) is 13.3. The maximum Gasteiger partial charge on any atom is 0.230 e. The van der Waals surface area contributed by atoms with Crippen LogP contribution in [0.15, 0.2) is 30.3 Å². The first-order valence-electron chi connectivity index (χ1n) is 7.58. The van der Waals surface area contributed by atoms with Gasteiger partial charge in [0.15, 0.2) is 0 Å². The summed E-state index contributed by atoms with van der Waals surface area (Å²) in [5, 5.41) is 14.9. The second-order valence-electron chi connectivity index (χ2n) is 5.70. The second-order valence-corrected chi connectivity index (χ2v) is 6.71. The van der Waals surface area contributed by atoms with Crippen molar-refractivity contribution in [2.75, 3.05) is 13.1 Å². The molecule has 1 aliphatic rings. The van der Waals surface area contributed by atoms with Crippen LogP contribution < -0.4 is 0 Å². The lowest BCUT2D eigenvalue weighted by atomic mass is 10.0. The number of aryl methyl sites for hydroxylation is 1. The fraction of sp³-hybridized carbons (Fsp3) is 0.375. The SMILES string of the molecule is Cc1nc2sc([C@H](c3ccccc3)N3CCCC3)c(O)n2n1. The second kappa shape index (κ2) is 5.37. The van der Waals surface area contributed by atoms with E-state index in [1.165, 1.54) is 29.7 Å². The molecule has 22 heavy (non-hydrogen) atoms. The Hall–Kier alpha value is -1.92. The summed E-state index contributed by atoms with van der Waals surface area (Å²) in [6.07, 6.45) is 2.42. The van der Waals surface area contributed by atoms with Crippen molar-refractivity contribution in [1.82, 2.24) is 19.5 Å². The van der Waals surface area contributed by atoms with Crippen LogP contribution in [0.4, 0.5) is 0 Å². The van der Waals surface area contributed by atoms with E-state index >= 15 is 0 Å². The summed E-state index contributed by atoms with van der Waals surface area (Å²) < 4.78 is 1.56. The Morgan fingerprint density at radius 2 is 1.91 bits per heavy atom. The van der Waals surface area contributed by atoms with Crippen LogP contribution in [0.2, 0.25) is 0 Å². The molecule has 5 nitrogen and oxygen atoms in total. The van der Waals surface area contributed by atoms with Gasteiger partial charge < -0.3 is 5.11 Å². The van der Waals surface area contributed by atoms with Gasteiger partial charge in [0.2, 0.25) is 10.8 Å². The minimum atomic E-state index is 0.0810. The predicted molar refractivity (Wildman–Crippen MR) is 86.4 cm³/mol. The number of hydrogen-bond acceptors (Lipinski definition) is 5. The van der Waals surface area contributed by atoms with Gasteiger partial charge in [-0.25, -0.2) is 4.98 Å². The molecule has 1 atom stereocenters. The van der Waals surface area contributed by atoms with Gasteiger partial charge in [-0.2, -0.15) is 4.52 Å². The van der Waals surface area contributed by atoms with E-state index in [2.05, 4.69) is 39.2 Å². The minimum Gasteiger partial charge on any atom is -0.492 e. The van der Waals surface area contributed by atoms with Gasteiger partial charge in [-0.3, -0.25) is 4.90 Å². The molecule has 6 heteroatoms. The minimum absolute atomic E-state index is 0.0810. The van der Waals surface area contributed by atoms with Gasteiger partial charge >= 0.3 is 0 Å². The van der Waals surface area contributed by atoms with Gasteiger partial charge in [-0.05, 0) is 38.4 Å². The van der Waals surface area contributed by atoms with Gasteiger partial charge in [0.25, 0.3) is 0 Å². The zero-order valence-electron chi connectivity index (χ0n) is 12.4. The molecule has 2 aromatic heterocycles. The van der Waals surface area contributed by atoms with Crippen LogP contribution in [0.1, 0.15) is 35.1 Å². The number of hydrogen-bond donors (Lipinski definition) is 1. The average molecular weight is 314 g/mol. The van der Waals surface area contributed by atoms with Crippen molar-refractivity contribution in [3.63, 3.8) is 0 Å². The van der Waals surface area contributed by atoms with E-state index in [1.54, 1.807) is 4.52 Å². The lowest BCUT2D eigenvalue weighted by Gasteiger charge is -2.26. The van der Waals surface area contributed by atoms with Gasteiger partial charge in [0.1, 0.15) is 5.82 Å². The van der Waals surface area contributed by atoms with E-state index in [1.807, 2.05) is 13.0 Å². The fourth-order valence-electron chi connectivity index (χ4n) is 3.19. The Kier molecular flexibility index (Phi) is 3.35. The van der Waals surface area contributed by atoms with Crippen LogP contribution in [0.5, 0.6) is 5.88 Å². The summed E-state index contributed by atoms with van der Waals surface area (Å²) in [4.78, 5) is 8.52. The van der Waals surface area contributed by atoms with E-state index in [0.717, 1.165) is 22.9 Å².